The van der Waals surface area contributed by atoms with Gasteiger partial charge >= 0.3 is 0 Å². The van der Waals surface area contributed by atoms with Crippen molar-refractivity contribution >= 4 is 0 Å². The van der Waals surface area contributed by atoms with Gasteiger partial charge in [0.15, 0.2) is 0 Å². The van der Waals surface area contributed by atoms with Crippen molar-refractivity contribution in [2.75, 3.05) is 6.67 Å². The summed E-state index contributed by atoms with van der Waals surface area (Å²) in [5, 5.41) is 27.3. The van der Waals surface area contributed by atoms with Crippen molar-refractivity contribution in [3.05, 3.63) is 17.7 Å². The van der Waals surface area contributed by atoms with E-state index in [0.717, 1.165) is 12.1 Å². The summed E-state index contributed by atoms with van der Waals surface area (Å²) in [6, 6.07) is 0.899. The topological polar surface area (TPSA) is 86.7 Å². The van der Waals surface area contributed by atoms with Crippen molar-refractivity contribution in [3.8, 4) is 17.2 Å². The Morgan fingerprint density at radius 3 is 2.08 bits per heavy atom. The van der Waals surface area contributed by atoms with Gasteiger partial charge < -0.3 is 21.1 Å². The molecule has 1 atom stereocenters. The summed E-state index contributed by atoms with van der Waals surface area (Å²) in [7, 11) is 0. The van der Waals surface area contributed by atoms with E-state index in [4.69, 9.17) is 10.8 Å². The zero-order valence-corrected chi connectivity index (χ0v) is 6.74. The van der Waals surface area contributed by atoms with Gasteiger partial charge in [-0.15, -0.1) is 0 Å². The van der Waals surface area contributed by atoms with Crippen molar-refractivity contribution in [2.24, 2.45) is 5.73 Å². The lowest BCUT2D eigenvalue weighted by Gasteiger charge is -2.11. The van der Waals surface area contributed by atoms with Crippen molar-refractivity contribution in [1.29, 1.82) is 0 Å². The van der Waals surface area contributed by atoms with Crippen LogP contribution in [0.5, 0.6) is 17.2 Å². The molecule has 0 spiro atoms. The molecule has 0 aliphatic rings. The molecule has 0 aromatic heterocycles. The number of phenolic OH excluding ortho intramolecular Hbond substituents is 3. The van der Waals surface area contributed by atoms with Crippen LogP contribution < -0.4 is 5.73 Å². The fourth-order valence-electron chi connectivity index (χ4n) is 1.07. The fourth-order valence-corrected chi connectivity index (χ4v) is 1.07. The van der Waals surface area contributed by atoms with Crippen LogP contribution in [-0.4, -0.2) is 22.0 Å². The number of rotatable bonds is 2. The van der Waals surface area contributed by atoms with E-state index in [1.807, 2.05) is 0 Å². The molecule has 0 radical (unpaired) electrons. The first-order valence-electron chi connectivity index (χ1n) is 3.62. The van der Waals surface area contributed by atoms with Crippen LogP contribution in [0.3, 0.4) is 0 Å². The second kappa shape index (κ2) is 3.49. The average Bonchev–Trinajstić information content (AvgIpc) is 2.02. The molecule has 0 saturated heterocycles. The Kier molecular flexibility index (Phi) is 2.57. The molecular weight excluding hydrogens is 177 g/mol. The summed E-state index contributed by atoms with van der Waals surface area (Å²) < 4.78 is 12.1. The molecule has 4 nitrogen and oxygen atoms in total. The second-order valence-electron chi connectivity index (χ2n) is 2.66. The highest BCUT2D eigenvalue weighted by atomic mass is 19.1. The van der Waals surface area contributed by atoms with E-state index in [0.29, 0.717) is 0 Å². The van der Waals surface area contributed by atoms with Crippen LogP contribution in [0.15, 0.2) is 12.1 Å². The highest BCUT2D eigenvalue weighted by Crippen LogP contribution is 2.35. The summed E-state index contributed by atoms with van der Waals surface area (Å²) in [6.45, 7) is -0.897. The second-order valence-corrected chi connectivity index (χ2v) is 2.66. The third kappa shape index (κ3) is 1.81. The molecule has 1 aromatic rings. The Hall–Kier alpha value is -1.49. The van der Waals surface area contributed by atoms with Gasteiger partial charge in [0.05, 0.1) is 11.6 Å². The highest BCUT2D eigenvalue weighted by molar-refractivity contribution is 5.50. The van der Waals surface area contributed by atoms with Crippen LogP contribution in [0, 0.1) is 0 Å². The van der Waals surface area contributed by atoms with Crippen LogP contribution in [0.25, 0.3) is 0 Å². The Balaban J connectivity index is 3.20. The number of aromatic hydroxyl groups is 3. The van der Waals surface area contributed by atoms with Gasteiger partial charge in [0.25, 0.3) is 0 Å². The first-order valence-corrected chi connectivity index (χ1v) is 3.62. The van der Waals surface area contributed by atoms with Gasteiger partial charge in [0.2, 0.25) is 0 Å². The molecule has 13 heavy (non-hydrogen) atoms. The number of halogens is 1. The summed E-state index contributed by atoms with van der Waals surface area (Å²) in [6.07, 6.45) is 0. The quantitative estimate of drug-likeness (QED) is 0.550. The first-order chi connectivity index (χ1) is 6.06. The van der Waals surface area contributed by atoms with Gasteiger partial charge in [-0.3, -0.25) is 0 Å². The van der Waals surface area contributed by atoms with Crippen LogP contribution in [0.2, 0.25) is 0 Å². The van der Waals surface area contributed by atoms with E-state index in [9.17, 15) is 14.6 Å². The minimum atomic E-state index is -1.08. The summed E-state index contributed by atoms with van der Waals surface area (Å²) >= 11 is 0. The number of phenols is 3. The molecule has 72 valence electrons. The SMILES string of the molecule is N[C@@H](CF)c1c(O)cc(O)cc1O. The molecular formula is C8H10FNO3. The lowest BCUT2D eigenvalue weighted by Crippen LogP contribution is -2.12. The van der Waals surface area contributed by atoms with Crippen molar-refractivity contribution in [2.45, 2.75) is 6.04 Å². The zero-order chi connectivity index (χ0) is 10.0. The molecule has 1 rings (SSSR count). The summed E-state index contributed by atoms with van der Waals surface area (Å²) in [5.41, 5.74) is 5.17. The lowest BCUT2D eigenvalue weighted by molar-refractivity contribution is 0.385. The molecule has 0 bridgehead atoms. The number of nitrogens with two attached hydrogens (primary N) is 1. The average molecular weight is 187 g/mol. The molecule has 0 aliphatic carbocycles. The fraction of sp³-hybridized carbons (Fsp3) is 0.250. The van der Waals surface area contributed by atoms with Gasteiger partial charge in [0, 0.05) is 12.1 Å². The maximum atomic E-state index is 12.1. The largest absolute Gasteiger partial charge is 0.508 e. The Labute approximate surface area is 74.0 Å². The van der Waals surface area contributed by atoms with E-state index in [2.05, 4.69) is 0 Å². The minimum Gasteiger partial charge on any atom is -0.508 e. The predicted molar refractivity (Wildman–Crippen MR) is 44.3 cm³/mol. The van der Waals surface area contributed by atoms with Crippen molar-refractivity contribution in [1.82, 2.24) is 0 Å². The van der Waals surface area contributed by atoms with Gasteiger partial charge in [-0.05, 0) is 0 Å². The smallest absolute Gasteiger partial charge is 0.127 e. The number of hydrogen-bond acceptors (Lipinski definition) is 4. The number of alkyl halides is 1. The van der Waals surface area contributed by atoms with E-state index >= 15 is 0 Å². The maximum Gasteiger partial charge on any atom is 0.127 e. The number of hydrogen-bond donors (Lipinski definition) is 4. The zero-order valence-electron chi connectivity index (χ0n) is 6.74. The van der Waals surface area contributed by atoms with E-state index in [-0.39, 0.29) is 11.3 Å². The summed E-state index contributed by atoms with van der Waals surface area (Å²) in [4.78, 5) is 0. The van der Waals surface area contributed by atoms with Gasteiger partial charge in [-0.2, -0.15) is 0 Å². The molecule has 1 aromatic carbocycles. The van der Waals surface area contributed by atoms with E-state index in [1.165, 1.54) is 0 Å². The standard InChI is InChI=1S/C8H10FNO3/c9-3-5(10)8-6(12)1-4(11)2-7(8)13/h1-2,5,11-13H,3,10H2/t5-/m0/s1. The van der Waals surface area contributed by atoms with Gasteiger partial charge in [-0.25, -0.2) is 4.39 Å². The third-order valence-corrected chi connectivity index (χ3v) is 1.66. The first kappa shape index (κ1) is 9.60. The van der Waals surface area contributed by atoms with Crippen molar-refractivity contribution in [3.63, 3.8) is 0 Å². The van der Waals surface area contributed by atoms with E-state index in [1.54, 1.807) is 0 Å². The van der Waals surface area contributed by atoms with Crippen molar-refractivity contribution < 1.29 is 19.7 Å². The Morgan fingerprint density at radius 2 is 1.69 bits per heavy atom. The maximum absolute atomic E-state index is 12.1. The Bertz CT molecular complexity index is 293. The Morgan fingerprint density at radius 1 is 1.23 bits per heavy atom. The van der Waals surface area contributed by atoms with Gasteiger partial charge in [-0.1, -0.05) is 0 Å². The molecule has 0 amide bonds. The van der Waals surface area contributed by atoms with Gasteiger partial charge in [0.1, 0.15) is 23.9 Å². The summed E-state index contributed by atoms with van der Waals surface area (Å²) in [5.74, 6) is -1.13. The van der Waals surface area contributed by atoms with Crippen LogP contribution in [-0.2, 0) is 0 Å². The molecule has 5 heteroatoms. The molecule has 0 heterocycles. The molecule has 0 saturated carbocycles. The molecule has 5 N–H and O–H groups in total. The van der Waals surface area contributed by atoms with Crippen LogP contribution >= 0.6 is 0 Å². The number of benzene rings is 1. The molecule has 0 unspecified atom stereocenters. The molecule has 0 aliphatic heterocycles. The van der Waals surface area contributed by atoms with Crippen LogP contribution in [0.1, 0.15) is 11.6 Å². The third-order valence-electron chi connectivity index (χ3n) is 1.66. The van der Waals surface area contributed by atoms with E-state index < -0.39 is 24.2 Å². The van der Waals surface area contributed by atoms with Crippen LogP contribution in [0.4, 0.5) is 4.39 Å². The molecule has 0 fully saturated rings. The highest BCUT2D eigenvalue weighted by Gasteiger charge is 2.16. The normalized spacial score (nSPS) is 12.8. The minimum absolute atomic E-state index is 0.0969. The monoisotopic (exact) mass is 187 g/mol. The predicted octanol–water partition coefficient (Wildman–Crippen LogP) is 0.773. The lowest BCUT2D eigenvalue weighted by atomic mass is 10.1.